The van der Waals surface area contributed by atoms with Crippen LogP contribution in [0.2, 0.25) is 0 Å². The average Bonchev–Trinajstić information content (AvgIpc) is 3.52. The van der Waals surface area contributed by atoms with Gasteiger partial charge in [0.15, 0.2) is 0 Å². The Hall–Kier alpha value is -5.19. The topological polar surface area (TPSA) is 159 Å². The van der Waals surface area contributed by atoms with Crippen LogP contribution in [0.15, 0.2) is 71.7 Å². The van der Waals surface area contributed by atoms with Gasteiger partial charge in [0.05, 0.1) is 31.4 Å². The van der Waals surface area contributed by atoms with E-state index in [1.54, 1.807) is 12.1 Å². The van der Waals surface area contributed by atoms with Gasteiger partial charge in [-0.15, -0.1) is 10.2 Å². The highest BCUT2D eigenvalue weighted by Gasteiger charge is 2.16. The number of benzene rings is 3. The molecular formula is C31H31N7O4. The fraction of sp³-hybridized carbons (Fsp3) is 0.258. The van der Waals surface area contributed by atoms with E-state index in [0.717, 1.165) is 40.9 Å². The normalized spacial score (nSPS) is 11.7. The molecule has 0 aliphatic rings. The van der Waals surface area contributed by atoms with Gasteiger partial charge >= 0.3 is 11.9 Å². The number of rotatable bonds is 12. The van der Waals surface area contributed by atoms with Gasteiger partial charge in [0.1, 0.15) is 11.3 Å². The van der Waals surface area contributed by atoms with E-state index in [1.807, 2.05) is 59.2 Å². The molecule has 0 unspecified atom stereocenters. The van der Waals surface area contributed by atoms with Gasteiger partial charge < -0.3 is 14.8 Å². The Morgan fingerprint density at radius 1 is 0.952 bits per heavy atom. The second-order valence-electron chi connectivity index (χ2n) is 9.93. The number of carboxylic acids is 2. The molecule has 0 saturated heterocycles. The molecule has 0 atom stereocenters. The number of hydrogen-bond acceptors (Lipinski definition) is 7. The van der Waals surface area contributed by atoms with Crippen LogP contribution in [0.3, 0.4) is 0 Å². The summed E-state index contributed by atoms with van der Waals surface area (Å²) >= 11 is 0. The summed E-state index contributed by atoms with van der Waals surface area (Å²) in [6.07, 6.45) is 2.26. The van der Waals surface area contributed by atoms with Gasteiger partial charge in [0.2, 0.25) is 5.82 Å². The van der Waals surface area contributed by atoms with Crippen molar-refractivity contribution in [1.29, 1.82) is 0 Å². The number of nitrogens with zero attached hydrogens (tertiary/aromatic N) is 6. The van der Waals surface area contributed by atoms with Crippen molar-refractivity contribution in [2.45, 2.75) is 45.6 Å². The molecule has 0 amide bonds. The Bertz CT molecular complexity index is 1780. The van der Waals surface area contributed by atoms with Crippen molar-refractivity contribution >= 4 is 22.8 Å². The number of hydrogen-bond donors (Lipinski definition) is 3. The van der Waals surface area contributed by atoms with E-state index in [1.165, 1.54) is 0 Å². The molecule has 0 bridgehead atoms. The van der Waals surface area contributed by atoms with Crippen molar-refractivity contribution in [3.63, 3.8) is 0 Å². The first-order chi connectivity index (χ1) is 20.4. The maximum Gasteiger partial charge on any atom is 0.307 e. The predicted octanol–water partition coefficient (Wildman–Crippen LogP) is 4.28. The van der Waals surface area contributed by atoms with Gasteiger partial charge in [0, 0.05) is 17.4 Å². The summed E-state index contributed by atoms with van der Waals surface area (Å²) < 4.78 is 2.01. The van der Waals surface area contributed by atoms with E-state index < -0.39 is 11.9 Å². The van der Waals surface area contributed by atoms with E-state index in [0.29, 0.717) is 40.7 Å². The third-order valence-corrected chi connectivity index (χ3v) is 6.97. The van der Waals surface area contributed by atoms with Crippen LogP contribution in [0.25, 0.3) is 33.4 Å². The van der Waals surface area contributed by atoms with Crippen molar-refractivity contribution in [1.82, 2.24) is 30.2 Å². The molecule has 5 aromatic rings. The molecule has 2 aromatic heterocycles. The molecule has 214 valence electrons. The number of aromatic amines is 1. The number of carboxylic acid groups (broad SMARTS) is 2. The van der Waals surface area contributed by atoms with Crippen LogP contribution >= 0.6 is 0 Å². The number of fused-ring (bicyclic) bond motifs is 1. The Morgan fingerprint density at radius 2 is 1.74 bits per heavy atom. The average molecular weight is 566 g/mol. The third kappa shape index (κ3) is 6.41. The number of tetrazole rings is 1. The monoisotopic (exact) mass is 565 g/mol. The van der Waals surface area contributed by atoms with Crippen molar-refractivity contribution in [3.05, 3.63) is 89.2 Å². The molecule has 0 fully saturated rings. The lowest BCUT2D eigenvalue weighted by atomic mass is 9.98. The second-order valence-corrected chi connectivity index (χ2v) is 9.93. The molecule has 0 aliphatic carbocycles. The predicted molar refractivity (Wildman–Crippen MR) is 157 cm³/mol. The summed E-state index contributed by atoms with van der Waals surface area (Å²) in [6, 6.07) is 21.4. The summed E-state index contributed by atoms with van der Waals surface area (Å²) in [5.74, 6) is -0.579. The first kappa shape index (κ1) is 28.3. The fourth-order valence-corrected chi connectivity index (χ4v) is 5.00. The maximum atomic E-state index is 11.7. The molecular weight excluding hydrogens is 534 g/mol. The lowest BCUT2D eigenvalue weighted by molar-refractivity contribution is -0.137. The number of aliphatic carboxylic acids is 2. The standard InChI is InChI=1S/C31H31N7O4/c1-2-3-11-26-33-25-10-6-7-22(18-28(41)42)29(25)31(32-17-16-27(39)40)38(26)19-20-12-14-21(15-13-20)23-8-4-5-9-24(23)30-34-36-37-35-30/h4-10,12-15H,2-3,11,16-19H2,1H3,(H,39,40)(H,41,42)(H,34,35,36,37). The number of aryl methyl sites for hydroxylation is 1. The molecule has 0 spiro atoms. The van der Waals surface area contributed by atoms with Crippen molar-refractivity contribution < 1.29 is 19.8 Å². The molecule has 3 aromatic carbocycles. The third-order valence-electron chi connectivity index (χ3n) is 6.97. The zero-order valence-electron chi connectivity index (χ0n) is 23.2. The number of aromatic nitrogens is 6. The van der Waals surface area contributed by atoms with Crippen LogP contribution in [0, 0.1) is 0 Å². The minimum atomic E-state index is -0.961. The number of nitrogens with one attached hydrogen (secondary N) is 1. The van der Waals surface area contributed by atoms with Crippen LogP contribution in [0.5, 0.6) is 0 Å². The lowest BCUT2D eigenvalue weighted by Gasteiger charge is -2.18. The molecule has 0 radical (unpaired) electrons. The summed E-state index contributed by atoms with van der Waals surface area (Å²) in [4.78, 5) is 32.7. The highest BCUT2D eigenvalue weighted by Crippen LogP contribution is 2.30. The molecule has 2 heterocycles. The van der Waals surface area contributed by atoms with E-state index in [9.17, 15) is 19.8 Å². The second kappa shape index (κ2) is 13.0. The quantitative estimate of drug-likeness (QED) is 0.202. The van der Waals surface area contributed by atoms with Gasteiger partial charge in [-0.1, -0.05) is 74.0 Å². The Morgan fingerprint density at radius 3 is 2.43 bits per heavy atom. The minimum Gasteiger partial charge on any atom is -0.481 e. The van der Waals surface area contributed by atoms with Crippen LogP contribution in [0.4, 0.5) is 0 Å². The zero-order valence-corrected chi connectivity index (χ0v) is 23.2. The van der Waals surface area contributed by atoms with Gasteiger partial charge in [-0.3, -0.25) is 14.6 Å². The van der Waals surface area contributed by atoms with Crippen molar-refractivity contribution in [3.8, 4) is 22.5 Å². The van der Waals surface area contributed by atoms with E-state index in [2.05, 4.69) is 27.5 Å². The summed E-state index contributed by atoms with van der Waals surface area (Å²) in [5, 5.41) is 34.0. The van der Waals surface area contributed by atoms with Crippen molar-refractivity contribution in [2.24, 2.45) is 4.99 Å². The molecule has 42 heavy (non-hydrogen) atoms. The van der Waals surface area contributed by atoms with E-state index in [-0.39, 0.29) is 19.4 Å². The molecule has 0 saturated carbocycles. The summed E-state index contributed by atoms with van der Waals surface area (Å²) in [6.45, 7) is 2.61. The van der Waals surface area contributed by atoms with Crippen LogP contribution in [-0.2, 0) is 29.0 Å². The molecule has 11 nitrogen and oxygen atoms in total. The van der Waals surface area contributed by atoms with E-state index >= 15 is 0 Å². The highest BCUT2D eigenvalue weighted by molar-refractivity contribution is 5.85. The Kier molecular flexibility index (Phi) is 8.76. The van der Waals surface area contributed by atoms with Crippen LogP contribution in [0.1, 0.15) is 43.1 Å². The van der Waals surface area contributed by atoms with Crippen molar-refractivity contribution in [2.75, 3.05) is 6.54 Å². The van der Waals surface area contributed by atoms with Gasteiger partial charge in [-0.05, 0) is 40.0 Å². The summed E-state index contributed by atoms with van der Waals surface area (Å²) in [5.41, 5.74) is 5.60. The largest absolute Gasteiger partial charge is 0.481 e. The summed E-state index contributed by atoms with van der Waals surface area (Å²) in [7, 11) is 0. The fourth-order valence-electron chi connectivity index (χ4n) is 5.00. The number of H-pyrrole nitrogens is 1. The van der Waals surface area contributed by atoms with Crippen LogP contribution < -0.4 is 5.49 Å². The Labute approximate surface area is 241 Å². The Balaban J connectivity index is 1.61. The zero-order chi connectivity index (χ0) is 29.5. The van der Waals surface area contributed by atoms with Gasteiger partial charge in [-0.2, -0.15) is 5.21 Å². The highest BCUT2D eigenvalue weighted by atomic mass is 16.4. The van der Waals surface area contributed by atoms with Crippen LogP contribution in [-0.4, -0.2) is 58.9 Å². The maximum absolute atomic E-state index is 11.7. The van der Waals surface area contributed by atoms with Gasteiger partial charge in [0.25, 0.3) is 0 Å². The minimum absolute atomic E-state index is 0.0644. The smallest absolute Gasteiger partial charge is 0.307 e. The SMILES string of the molecule is CCCCc1nc2cccc(CC(=O)O)c2c(=NCCC(=O)O)n1Cc1ccc(-c2ccccc2-c2nn[nH]n2)cc1. The first-order valence-electron chi connectivity index (χ1n) is 13.8. The molecule has 0 aliphatic heterocycles. The molecule has 11 heteroatoms. The molecule has 3 N–H and O–H groups in total. The van der Waals surface area contributed by atoms with Gasteiger partial charge in [-0.25, -0.2) is 4.98 Å². The number of carbonyl (C=O) groups is 2. The van der Waals surface area contributed by atoms with E-state index in [4.69, 9.17) is 9.98 Å². The molecule has 5 rings (SSSR count). The number of unbranched alkanes of at least 4 members (excludes halogenated alkanes) is 1. The lowest BCUT2D eigenvalue weighted by Crippen LogP contribution is -2.29. The first-order valence-corrected chi connectivity index (χ1v) is 13.8.